The van der Waals surface area contributed by atoms with Crippen molar-refractivity contribution in [3.05, 3.63) is 63.9 Å². The fourth-order valence-corrected chi connectivity index (χ4v) is 1.93. The summed E-state index contributed by atoms with van der Waals surface area (Å²) >= 11 is 11.9. The quantitative estimate of drug-likeness (QED) is 0.764. The average Bonchev–Trinajstić information content (AvgIpc) is 2.33. The molecule has 82 valence electrons. The van der Waals surface area contributed by atoms with Crippen LogP contribution in [-0.2, 0) is 0 Å². The number of halogens is 2. The normalized spacial score (nSPS) is 12.4. The number of benzene rings is 1. The lowest BCUT2D eigenvalue weighted by Gasteiger charge is -2.12. The molecule has 0 saturated heterocycles. The molecule has 2 aromatic rings. The minimum atomic E-state index is 0.290. The standard InChI is InChI=1S/C13H11Cl2N/c1-9(10-4-6-16-7-5-10)11-2-3-12(14)13(15)8-11/h2-9H,1H3. The number of nitrogens with zero attached hydrogens (tertiary/aromatic N) is 1. The van der Waals surface area contributed by atoms with E-state index in [1.807, 2.05) is 30.3 Å². The Morgan fingerprint density at radius 3 is 2.25 bits per heavy atom. The van der Waals surface area contributed by atoms with Crippen LogP contribution in [0.25, 0.3) is 0 Å². The van der Waals surface area contributed by atoms with Crippen LogP contribution in [0, 0.1) is 0 Å². The molecule has 1 atom stereocenters. The highest BCUT2D eigenvalue weighted by Crippen LogP contribution is 2.29. The predicted octanol–water partition coefficient (Wildman–Crippen LogP) is 4.54. The second-order valence-electron chi connectivity index (χ2n) is 3.68. The molecule has 0 aliphatic rings. The van der Waals surface area contributed by atoms with Gasteiger partial charge >= 0.3 is 0 Å². The summed E-state index contributed by atoms with van der Waals surface area (Å²) in [6.45, 7) is 2.13. The topological polar surface area (TPSA) is 12.9 Å². The molecular weight excluding hydrogens is 241 g/mol. The molecule has 0 saturated carbocycles. The Bertz CT molecular complexity index is 483. The van der Waals surface area contributed by atoms with Gasteiger partial charge in [0.05, 0.1) is 10.0 Å². The lowest BCUT2D eigenvalue weighted by molar-refractivity contribution is 0.917. The third kappa shape index (κ3) is 2.37. The maximum absolute atomic E-state index is 6.00. The van der Waals surface area contributed by atoms with E-state index in [1.165, 1.54) is 5.56 Å². The van der Waals surface area contributed by atoms with Crippen LogP contribution in [0.4, 0.5) is 0 Å². The van der Waals surface area contributed by atoms with Gasteiger partial charge in [-0.1, -0.05) is 36.2 Å². The van der Waals surface area contributed by atoms with Gasteiger partial charge in [0, 0.05) is 18.3 Å². The van der Waals surface area contributed by atoms with Crippen LogP contribution in [0.3, 0.4) is 0 Å². The molecule has 1 nitrogen and oxygen atoms in total. The van der Waals surface area contributed by atoms with Gasteiger partial charge in [-0.2, -0.15) is 0 Å². The van der Waals surface area contributed by atoms with Gasteiger partial charge in [-0.3, -0.25) is 4.98 Å². The van der Waals surface area contributed by atoms with Crippen molar-refractivity contribution in [1.82, 2.24) is 4.98 Å². The smallest absolute Gasteiger partial charge is 0.0595 e. The van der Waals surface area contributed by atoms with E-state index in [0.29, 0.717) is 10.0 Å². The molecule has 3 heteroatoms. The van der Waals surface area contributed by atoms with Gasteiger partial charge in [-0.25, -0.2) is 0 Å². The fraction of sp³-hybridized carbons (Fsp3) is 0.154. The van der Waals surface area contributed by atoms with Gasteiger partial charge in [0.15, 0.2) is 0 Å². The SMILES string of the molecule is CC(c1ccncc1)c1ccc(Cl)c(Cl)c1. The summed E-state index contributed by atoms with van der Waals surface area (Å²) in [5, 5.41) is 1.19. The summed E-state index contributed by atoms with van der Waals surface area (Å²) in [6, 6.07) is 9.76. The maximum atomic E-state index is 6.00. The van der Waals surface area contributed by atoms with Crippen LogP contribution in [0.1, 0.15) is 24.0 Å². The monoisotopic (exact) mass is 251 g/mol. The zero-order valence-electron chi connectivity index (χ0n) is 8.82. The lowest BCUT2D eigenvalue weighted by atomic mass is 9.94. The average molecular weight is 252 g/mol. The minimum Gasteiger partial charge on any atom is -0.265 e. The van der Waals surface area contributed by atoms with Crippen molar-refractivity contribution in [2.45, 2.75) is 12.8 Å². The summed E-state index contributed by atoms with van der Waals surface area (Å²) in [5.74, 6) is 0.290. The molecule has 0 aliphatic heterocycles. The first kappa shape index (κ1) is 11.4. The second-order valence-corrected chi connectivity index (χ2v) is 4.49. The van der Waals surface area contributed by atoms with Gasteiger partial charge in [0.2, 0.25) is 0 Å². The Balaban J connectivity index is 2.34. The molecule has 1 aromatic heterocycles. The number of pyridine rings is 1. The van der Waals surface area contributed by atoms with Crippen molar-refractivity contribution >= 4 is 23.2 Å². The van der Waals surface area contributed by atoms with Crippen LogP contribution >= 0.6 is 23.2 Å². The van der Waals surface area contributed by atoms with Crippen molar-refractivity contribution in [3.8, 4) is 0 Å². The summed E-state index contributed by atoms with van der Waals surface area (Å²) < 4.78 is 0. The Labute approximate surface area is 105 Å². The molecule has 16 heavy (non-hydrogen) atoms. The molecule has 0 bridgehead atoms. The van der Waals surface area contributed by atoms with Crippen molar-refractivity contribution in [2.24, 2.45) is 0 Å². The number of hydrogen-bond donors (Lipinski definition) is 0. The fourth-order valence-electron chi connectivity index (χ4n) is 1.63. The van der Waals surface area contributed by atoms with E-state index in [1.54, 1.807) is 12.4 Å². The zero-order valence-corrected chi connectivity index (χ0v) is 10.3. The molecule has 2 rings (SSSR count). The second kappa shape index (κ2) is 4.86. The first-order valence-electron chi connectivity index (χ1n) is 5.03. The summed E-state index contributed by atoms with van der Waals surface area (Å²) in [5.41, 5.74) is 2.37. The summed E-state index contributed by atoms with van der Waals surface area (Å²) in [6.07, 6.45) is 3.59. The summed E-state index contributed by atoms with van der Waals surface area (Å²) in [7, 11) is 0. The van der Waals surface area contributed by atoms with Gasteiger partial charge < -0.3 is 0 Å². The number of hydrogen-bond acceptors (Lipinski definition) is 1. The van der Waals surface area contributed by atoms with Crippen molar-refractivity contribution < 1.29 is 0 Å². The Morgan fingerprint density at radius 1 is 0.938 bits per heavy atom. The molecule has 1 unspecified atom stereocenters. The third-order valence-corrected chi connectivity index (χ3v) is 3.39. The van der Waals surface area contributed by atoms with Crippen molar-refractivity contribution in [3.63, 3.8) is 0 Å². The van der Waals surface area contributed by atoms with E-state index in [9.17, 15) is 0 Å². The highest BCUT2D eigenvalue weighted by molar-refractivity contribution is 6.42. The number of aromatic nitrogens is 1. The lowest BCUT2D eigenvalue weighted by Crippen LogP contribution is -1.95. The van der Waals surface area contributed by atoms with Crippen LogP contribution < -0.4 is 0 Å². The molecule has 0 radical (unpaired) electrons. The first-order valence-corrected chi connectivity index (χ1v) is 5.79. The Morgan fingerprint density at radius 2 is 1.62 bits per heavy atom. The molecule has 0 N–H and O–H groups in total. The van der Waals surface area contributed by atoms with E-state index in [-0.39, 0.29) is 5.92 Å². The van der Waals surface area contributed by atoms with E-state index < -0.39 is 0 Å². The van der Waals surface area contributed by atoms with E-state index in [2.05, 4.69) is 11.9 Å². The molecule has 1 aromatic carbocycles. The molecule has 0 aliphatic carbocycles. The Kier molecular flexibility index (Phi) is 3.47. The van der Waals surface area contributed by atoms with Crippen LogP contribution in [-0.4, -0.2) is 4.98 Å². The van der Waals surface area contributed by atoms with Crippen molar-refractivity contribution in [2.75, 3.05) is 0 Å². The molecular formula is C13H11Cl2N. The van der Waals surface area contributed by atoms with E-state index >= 15 is 0 Å². The predicted molar refractivity (Wildman–Crippen MR) is 68.2 cm³/mol. The van der Waals surface area contributed by atoms with Gasteiger partial charge in [-0.15, -0.1) is 0 Å². The van der Waals surface area contributed by atoms with Crippen LogP contribution in [0.2, 0.25) is 10.0 Å². The van der Waals surface area contributed by atoms with E-state index in [0.717, 1.165) is 5.56 Å². The maximum Gasteiger partial charge on any atom is 0.0595 e. The van der Waals surface area contributed by atoms with E-state index in [4.69, 9.17) is 23.2 Å². The van der Waals surface area contributed by atoms with Gasteiger partial charge in [0.25, 0.3) is 0 Å². The summed E-state index contributed by atoms with van der Waals surface area (Å²) in [4.78, 5) is 4.01. The molecule has 0 amide bonds. The van der Waals surface area contributed by atoms with Gasteiger partial charge in [-0.05, 0) is 35.4 Å². The van der Waals surface area contributed by atoms with Crippen LogP contribution in [0.5, 0.6) is 0 Å². The largest absolute Gasteiger partial charge is 0.265 e. The molecule has 0 fully saturated rings. The Hall–Kier alpha value is -1.05. The molecule has 1 heterocycles. The zero-order chi connectivity index (χ0) is 11.5. The van der Waals surface area contributed by atoms with Gasteiger partial charge in [0.1, 0.15) is 0 Å². The molecule has 0 spiro atoms. The highest BCUT2D eigenvalue weighted by atomic mass is 35.5. The minimum absolute atomic E-state index is 0.290. The van der Waals surface area contributed by atoms with Crippen LogP contribution in [0.15, 0.2) is 42.7 Å². The van der Waals surface area contributed by atoms with Crippen molar-refractivity contribution in [1.29, 1.82) is 0 Å². The number of rotatable bonds is 2. The first-order chi connectivity index (χ1) is 7.68. The third-order valence-electron chi connectivity index (χ3n) is 2.65. The highest BCUT2D eigenvalue weighted by Gasteiger charge is 2.09.